The number of carbonyl (C=O) groups is 1. The Morgan fingerprint density at radius 1 is 1.47 bits per heavy atom. The van der Waals surface area contributed by atoms with E-state index in [1.807, 2.05) is 0 Å². The number of hydrogen-bond donors (Lipinski definition) is 0. The molecule has 98 valence electrons. The maximum atomic E-state index is 11.6. The van der Waals surface area contributed by atoms with Gasteiger partial charge in [-0.05, 0) is 21.5 Å². The number of benzene rings is 1. The van der Waals surface area contributed by atoms with E-state index in [-0.39, 0.29) is 5.82 Å². The fourth-order valence-electron chi connectivity index (χ4n) is 1.69. The molecular formula is C12H11N3O4. The summed E-state index contributed by atoms with van der Waals surface area (Å²) in [4.78, 5) is 25.2. The molecule has 0 atom stereocenters. The maximum Gasteiger partial charge on any atom is 0.381 e. The van der Waals surface area contributed by atoms with Crippen molar-refractivity contribution in [1.82, 2.24) is 9.55 Å². The van der Waals surface area contributed by atoms with Crippen molar-refractivity contribution >= 4 is 11.8 Å². The quantitative estimate of drug-likeness (QED) is 0.474. The summed E-state index contributed by atoms with van der Waals surface area (Å²) in [5.41, 5.74) is 1.14. The molecule has 0 fully saturated rings. The number of methoxy groups -OCH3 is 1. The van der Waals surface area contributed by atoms with Crippen molar-refractivity contribution in [3.8, 4) is 0 Å². The molecule has 7 nitrogen and oxygen atoms in total. The van der Waals surface area contributed by atoms with Crippen LogP contribution < -0.4 is 0 Å². The third-order valence-electron chi connectivity index (χ3n) is 2.58. The van der Waals surface area contributed by atoms with Crippen molar-refractivity contribution in [2.24, 2.45) is 0 Å². The Kier molecular flexibility index (Phi) is 3.56. The normalized spacial score (nSPS) is 10.2. The lowest BCUT2D eigenvalue weighted by molar-refractivity contribution is -0.389. The zero-order chi connectivity index (χ0) is 13.8. The van der Waals surface area contributed by atoms with Gasteiger partial charge >= 0.3 is 11.8 Å². The number of aromatic nitrogens is 2. The molecule has 0 saturated carbocycles. The Labute approximate surface area is 108 Å². The first-order chi connectivity index (χ1) is 9.11. The van der Waals surface area contributed by atoms with Crippen LogP contribution in [0.4, 0.5) is 5.82 Å². The highest BCUT2D eigenvalue weighted by molar-refractivity contribution is 5.90. The third kappa shape index (κ3) is 2.76. The van der Waals surface area contributed by atoms with Gasteiger partial charge in [-0.1, -0.05) is 18.2 Å². The molecule has 0 radical (unpaired) electrons. The summed E-state index contributed by atoms with van der Waals surface area (Å²) < 4.78 is 6.23. The predicted octanol–water partition coefficient (Wildman–Crippen LogP) is 1.63. The van der Waals surface area contributed by atoms with Gasteiger partial charge in [0, 0.05) is 0 Å². The van der Waals surface area contributed by atoms with Crippen molar-refractivity contribution in [1.29, 1.82) is 0 Å². The van der Waals surface area contributed by atoms with Crippen molar-refractivity contribution < 1.29 is 14.5 Å². The number of carbonyl (C=O) groups excluding carboxylic acids is 1. The average molecular weight is 261 g/mol. The number of rotatable bonds is 4. The Bertz CT molecular complexity index is 621. The Hall–Kier alpha value is -2.70. The van der Waals surface area contributed by atoms with Crippen LogP contribution in [0.2, 0.25) is 0 Å². The molecule has 0 spiro atoms. The van der Waals surface area contributed by atoms with E-state index in [0.717, 1.165) is 0 Å². The molecule has 2 rings (SSSR count). The second kappa shape index (κ2) is 5.30. The van der Waals surface area contributed by atoms with Crippen molar-refractivity contribution in [3.63, 3.8) is 0 Å². The summed E-state index contributed by atoms with van der Waals surface area (Å²) in [7, 11) is 1.31. The molecule has 0 amide bonds. The fourth-order valence-corrected chi connectivity index (χ4v) is 1.69. The van der Waals surface area contributed by atoms with E-state index in [1.165, 1.54) is 19.6 Å². The van der Waals surface area contributed by atoms with Gasteiger partial charge in [0.25, 0.3) is 0 Å². The Morgan fingerprint density at radius 3 is 2.84 bits per heavy atom. The van der Waals surface area contributed by atoms with Gasteiger partial charge in [-0.15, -0.1) is 0 Å². The van der Waals surface area contributed by atoms with Gasteiger partial charge in [-0.3, -0.25) is 0 Å². The van der Waals surface area contributed by atoms with E-state index in [9.17, 15) is 14.9 Å². The number of hydrogen-bond acceptors (Lipinski definition) is 5. The minimum absolute atomic E-state index is 0.226. The predicted molar refractivity (Wildman–Crippen MR) is 65.8 cm³/mol. The first-order valence-electron chi connectivity index (χ1n) is 5.44. The van der Waals surface area contributed by atoms with Gasteiger partial charge in [0.1, 0.15) is 6.20 Å². The standard InChI is InChI=1S/C12H11N3O4/c1-19-12(16)10-5-3-2-4-9(10)6-14-7-11(13-8-14)15(17)18/h2-5,7-8H,6H2,1H3. The lowest BCUT2D eigenvalue weighted by Crippen LogP contribution is -2.08. The highest BCUT2D eigenvalue weighted by Crippen LogP contribution is 2.14. The fraction of sp³-hybridized carbons (Fsp3) is 0.167. The molecule has 2 aromatic rings. The summed E-state index contributed by atoms with van der Waals surface area (Å²) in [5.74, 6) is -0.666. The van der Waals surface area contributed by atoms with Crippen molar-refractivity contribution in [3.05, 3.63) is 58.0 Å². The topological polar surface area (TPSA) is 87.3 Å². The van der Waals surface area contributed by atoms with Crippen LogP contribution in [-0.2, 0) is 11.3 Å². The summed E-state index contributed by atoms with van der Waals surface area (Å²) in [5, 5.41) is 10.5. The molecule has 0 saturated heterocycles. The lowest BCUT2D eigenvalue weighted by atomic mass is 10.1. The van der Waals surface area contributed by atoms with Crippen molar-refractivity contribution in [2.45, 2.75) is 6.54 Å². The first-order valence-corrected chi connectivity index (χ1v) is 5.44. The molecular weight excluding hydrogens is 250 g/mol. The van der Waals surface area contributed by atoms with Crippen LogP contribution in [0.5, 0.6) is 0 Å². The number of nitrogens with zero attached hydrogens (tertiary/aromatic N) is 3. The van der Waals surface area contributed by atoms with E-state index in [2.05, 4.69) is 9.72 Å². The van der Waals surface area contributed by atoms with Gasteiger partial charge in [0.2, 0.25) is 6.33 Å². The first kappa shape index (κ1) is 12.7. The number of esters is 1. The molecule has 19 heavy (non-hydrogen) atoms. The zero-order valence-electron chi connectivity index (χ0n) is 10.1. The van der Waals surface area contributed by atoms with Crippen molar-refractivity contribution in [2.75, 3.05) is 7.11 Å². The second-order valence-corrected chi connectivity index (χ2v) is 3.81. The maximum absolute atomic E-state index is 11.6. The summed E-state index contributed by atoms with van der Waals surface area (Å²) >= 11 is 0. The molecule has 1 aromatic heterocycles. The van der Waals surface area contributed by atoms with Crippen LogP contribution in [0.1, 0.15) is 15.9 Å². The van der Waals surface area contributed by atoms with Crippen LogP contribution in [0.3, 0.4) is 0 Å². The van der Waals surface area contributed by atoms with E-state index < -0.39 is 10.9 Å². The summed E-state index contributed by atoms with van der Waals surface area (Å²) in [6, 6.07) is 6.92. The Balaban J connectivity index is 2.27. The van der Waals surface area contributed by atoms with Gasteiger partial charge in [-0.2, -0.15) is 0 Å². The number of nitro groups is 1. The highest BCUT2D eigenvalue weighted by atomic mass is 16.6. The van der Waals surface area contributed by atoms with E-state index in [0.29, 0.717) is 17.7 Å². The number of imidazole rings is 1. The lowest BCUT2D eigenvalue weighted by Gasteiger charge is -2.07. The molecule has 0 aliphatic rings. The van der Waals surface area contributed by atoms with E-state index in [4.69, 9.17) is 0 Å². The van der Waals surface area contributed by atoms with Gasteiger partial charge in [0.15, 0.2) is 0 Å². The third-order valence-corrected chi connectivity index (χ3v) is 2.58. The molecule has 0 unspecified atom stereocenters. The SMILES string of the molecule is COC(=O)c1ccccc1Cn1cnc([N+](=O)[O-])c1. The minimum atomic E-state index is -0.567. The minimum Gasteiger partial charge on any atom is -0.465 e. The zero-order valence-corrected chi connectivity index (χ0v) is 10.1. The Morgan fingerprint density at radius 2 is 2.21 bits per heavy atom. The molecule has 1 heterocycles. The number of ether oxygens (including phenoxy) is 1. The van der Waals surface area contributed by atoms with Gasteiger partial charge in [0.05, 0.1) is 19.2 Å². The summed E-state index contributed by atoms with van der Waals surface area (Å²) in [6.07, 6.45) is 2.67. The largest absolute Gasteiger partial charge is 0.465 e. The molecule has 1 aromatic carbocycles. The molecule has 0 aliphatic carbocycles. The van der Waals surface area contributed by atoms with Gasteiger partial charge < -0.3 is 19.4 Å². The molecule has 0 bridgehead atoms. The van der Waals surface area contributed by atoms with Crippen LogP contribution in [0.15, 0.2) is 36.8 Å². The van der Waals surface area contributed by atoms with E-state index in [1.54, 1.807) is 28.8 Å². The molecule has 0 N–H and O–H groups in total. The van der Waals surface area contributed by atoms with Crippen LogP contribution >= 0.6 is 0 Å². The monoisotopic (exact) mass is 261 g/mol. The van der Waals surface area contributed by atoms with E-state index >= 15 is 0 Å². The average Bonchev–Trinajstić information content (AvgIpc) is 2.87. The second-order valence-electron chi connectivity index (χ2n) is 3.81. The van der Waals surface area contributed by atoms with Gasteiger partial charge in [-0.25, -0.2) is 4.79 Å². The van der Waals surface area contributed by atoms with Crippen LogP contribution in [0.25, 0.3) is 0 Å². The summed E-state index contributed by atoms with van der Waals surface area (Å²) in [6.45, 7) is 0.312. The molecule has 7 heteroatoms. The smallest absolute Gasteiger partial charge is 0.381 e. The van der Waals surface area contributed by atoms with Crippen LogP contribution in [0, 0.1) is 10.1 Å². The molecule has 0 aliphatic heterocycles. The highest BCUT2D eigenvalue weighted by Gasteiger charge is 2.14. The van der Waals surface area contributed by atoms with Crippen LogP contribution in [-0.4, -0.2) is 27.6 Å².